The van der Waals surface area contributed by atoms with Crippen molar-refractivity contribution in [3.8, 4) is 0 Å². The van der Waals surface area contributed by atoms with Crippen LogP contribution in [0.4, 0.5) is 5.69 Å². The number of rotatable bonds is 7. The average molecular weight is 325 g/mol. The van der Waals surface area contributed by atoms with Gasteiger partial charge in [0.2, 0.25) is 0 Å². The van der Waals surface area contributed by atoms with Crippen molar-refractivity contribution in [2.24, 2.45) is 5.92 Å². The second-order valence-electron chi connectivity index (χ2n) is 7.27. The van der Waals surface area contributed by atoms with Crippen LogP contribution in [-0.2, 0) is 10.3 Å². The number of methoxy groups -OCH3 is 1. The van der Waals surface area contributed by atoms with Crippen molar-refractivity contribution in [3.05, 3.63) is 59.9 Å². The maximum Gasteiger partial charge on any atom is 0.175 e. The zero-order chi connectivity index (χ0) is 17.2. The normalized spacial score (nSPS) is 17.0. The first kappa shape index (κ1) is 17.0. The van der Waals surface area contributed by atoms with E-state index in [0.29, 0.717) is 6.04 Å². The van der Waals surface area contributed by atoms with E-state index in [9.17, 15) is 0 Å². The summed E-state index contributed by atoms with van der Waals surface area (Å²) >= 11 is 0. The highest BCUT2D eigenvalue weighted by Crippen LogP contribution is 2.43. The third-order valence-corrected chi connectivity index (χ3v) is 5.19. The number of anilines is 1. The molecule has 3 rings (SSSR count). The van der Waals surface area contributed by atoms with Gasteiger partial charge in [0.05, 0.1) is 5.56 Å². The fourth-order valence-electron chi connectivity index (χ4n) is 3.45. The van der Waals surface area contributed by atoms with Gasteiger partial charge < -0.3 is 10.5 Å². The summed E-state index contributed by atoms with van der Waals surface area (Å²) in [6.45, 7) is 4.39. The topological polar surface area (TPSA) is 39.1 Å². The summed E-state index contributed by atoms with van der Waals surface area (Å²) in [7, 11) is 1.82. The second kappa shape index (κ2) is 6.94. The lowest BCUT2D eigenvalue weighted by atomic mass is 9.82. The van der Waals surface area contributed by atoms with Gasteiger partial charge in [-0.05, 0) is 56.4 Å². The van der Waals surface area contributed by atoms with Crippen LogP contribution in [0, 0.1) is 5.92 Å². The van der Waals surface area contributed by atoms with Crippen LogP contribution in [0.25, 0.3) is 0 Å². The van der Waals surface area contributed by atoms with Gasteiger partial charge in [-0.25, -0.2) is 4.57 Å². The number of nitrogen functional groups attached to an aromatic ring is 1. The fourth-order valence-corrected chi connectivity index (χ4v) is 3.45. The molecule has 0 spiro atoms. The van der Waals surface area contributed by atoms with E-state index in [0.717, 1.165) is 23.6 Å². The molecule has 128 valence electrons. The van der Waals surface area contributed by atoms with E-state index < -0.39 is 5.60 Å². The monoisotopic (exact) mass is 325 g/mol. The van der Waals surface area contributed by atoms with Crippen LogP contribution in [0.15, 0.2) is 48.8 Å². The van der Waals surface area contributed by atoms with Gasteiger partial charge in [-0.15, -0.1) is 0 Å². The van der Waals surface area contributed by atoms with Crippen molar-refractivity contribution in [1.29, 1.82) is 0 Å². The summed E-state index contributed by atoms with van der Waals surface area (Å²) in [5, 5.41) is 0. The third-order valence-electron chi connectivity index (χ3n) is 5.19. The predicted octanol–water partition coefficient (Wildman–Crippen LogP) is 4.22. The lowest BCUT2D eigenvalue weighted by Crippen LogP contribution is -2.39. The van der Waals surface area contributed by atoms with Crippen molar-refractivity contribution >= 4 is 5.69 Å². The minimum Gasteiger partial charge on any atom is -0.399 e. The quantitative estimate of drug-likeness (QED) is 0.611. The zero-order valence-electron chi connectivity index (χ0n) is 15.0. The minimum absolute atomic E-state index is 0.420. The molecule has 0 radical (unpaired) electrons. The van der Waals surface area contributed by atoms with Gasteiger partial charge in [0, 0.05) is 18.9 Å². The van der Waals surface area contributed by atoms with Gasteiger partial charge in [0.1, 0.15) is 5.60 Å². The number of hydrogen-bond acceptors (Lipinski definition) is 2. The first-order valence-electron chi connectivity index (χ1n) is 8.97. The molecule has 2 aromatic rings. The summed E-state index contributed by atoms with van der Waals surface area (Å²) in [4.78, 5) is 0. The highest BCUT2D eigenvalue weighted by Gasteiger charge is 2.38. The Hall–Kier alpha value is -1.87. The number of ether oxygens (including phenoxy) is 1. The Morgan fingerprint density at radius 3 is 2.58 bits per heavy atom. The Kier molecular flexibility index (Phi) is 4.91. The van der Waals surface area contributed by atoms with Crippen molar-refractivity contribution < 1.29 is 9.30 Å². The molecule has 0 bridgehead atoms. The van der Waals surface area contributed by atoms with Crippen LogP contribution in [0.2, 0.25) is 0 Å². The predicted molar refractivity (Wildman–Crippen MR) is 97.6 cm³/mol. The van der Waals surface area contributed by atoms with Crippen molar-refractivity contribution in [1.82, 2.24) is 0 Å². The summed E-state index contributed by atoms with van der Waals surface area (Å²) in [6.07, 6.45) is 9.24. The summed E-state index contributed by atoms with van der Waals surface area (Å²) in [5.41, 5.74) is 8.77. The molecule has 1 heterocycles. The molecular formula is C21H29N2O+. The molecule has 1 atom stereocenters. The summed E-state index contributed by atoms with van der Waals surface area (Å²) in [5.74, 6) is 0.863. The van der Waals surface area contributed by atoms with Gasteiger partial charge in [0.15, 0.2) is 18.4 Å². The lowest BCUT2D eigenvalue weighted by molar-refractivity contribution is -0.716. The van der Waals surface area contributed by atoms with Crippen LogP contribution in [0.3, 0.4) is 0 Å². The van der Waals surface area contributed by atoms with E-state index in [1.807, 2.05) is 19.2 Å². The number of nitrogens with zero attached hydrogens (tertiary/aromatic N) is 1. The van der Waals surface area contributed by atoms with E-state index in [1.165, 1.54) is 24.8 Å². The van der Waals surface area contributed by atoms with Crippen LogP contribution in [0.5, 0.6) is 0 Å². The van der Waals surface area contributed by atoms with Gasteiger partial charge >= 0.3 is 0 Å². The molecule has 1 aromatic heterocycles. The van der Waals surface area contributed by atoms with Crippen LogP contribution in [0.1, 0.15) is 56.7 Å². The zero-order valence-corrected chi connectivity index (χ0v) is 15.0. The first-order chi connectivity index (χ1) is 11.5. The molecular weight excluding hydrogens is 296 g/mol. The maximum atomic E-state index is 6.21. The SMILES string of the molecule is COC(CCC1CC1)(c1cccc(N)c1)c1ccc[n+](C(C)C)c1. The average Bonchev–Trinajstić information content (AvgIpc) is 3.41. The standard InChI is InChI=1S/C21H29N2O/c1-16(2)23-13-5-7-19(15-23)21(24-3,12-11-17-9-10-17)18-6-4-8-20(22)14-18/h4-8,13-17H,9-12,22H2,1-3H3/q+1. The molecule has 1 saturated carbocycles. The molecule has 1 aliphatic rings. The Bertz CT molecular complexity index is 694. The molecule has 3 nitrogen and oxygen atoms in total. The van der Waals surface area contributed by atoms with Gasteiger partial charge in [-0.3, -0.25) is 0 Å². The van der Waals surface area contributed by atoms with Crippen LogP contribution in [-0.4, -0.2) is 7.11 Å². The lowest BCUT2D eigenvalue weighted by Gasteiger charge is -2.33. The Balaban J connectivity index is 2.07. The van der Waals surface area contributed by atoms with Crippen LogP contribution >= 0.6 is 0 Å². The maximum absolute atomic E-state index is 6.21. The number of aromatic nitrogens is 1. The molecule has 0 aliphatic heterocycles. The molecule has 0 saturated heterocycles. The Morgan fingerprint density at radius 1 is 1.21 bits per heavy atom. The van der Waals surface area contributed by atoms with Gasteiger partial charge in [-0.1, -0.05) is 25.0 Å². The Morgan fingerprint density at radius 2 is 1.96 bits per heavy atom. The smallest absolute Gasteiger partial charge is 0.175 e. The number of nitrogens with two attached hydrogens (primary N) is 1. The minimum atomic E-state index is -0.435. The van der Waals surface area contributed by atoms with E-state index in [2.05, 4.69) is 55.1 Å². The molecule has 1 fully saturated rings. The molecule has 24 heavy (non-hydrogen) atoms. The number of pyridine rings is 1. The first-order valence-corrected chi connectivity index (χ1v) is 8.97. The van der Waals surface area contributed by atoms with Gasteiger partial charge in [0.25, 0.3) is 0 Å². The molecule has 3 heteroatoms. The third kappa shape index (κ3) is 3.46. The molecule has 1 aromatic carbocycles. The van der Waals surface area contributed by atoms with E-state index in [-0.39, 0.29) is 0 Å². The van der Waals surface area contributed by atoms with E-state index >= 15 is 0 Å². The fraction of sp³-hybridized carbons (Fsp3) is 0.476. The summed E-state index contributed by atoms with van der Waals surface area (Å²) in [6, 6.07) is 12.9. The molecule has 1 aliphatic carbocycles. The summed E-state index contributed by atoms with van der Waals surface area (Å²) < 4.78 is 8.45. The van der Waals surface area contributed by atoms with E-state index in [1.54, 1.807) is 0 Å². The highest BCUT2D eigenvalue weighted by molar-refractivity contribution is 5.46. The Labute approximate surface area is 145 Å². The largest absolute Gasteiger partial charge is 0.399 e. The molecule has 0 amide bonds. The van der Waals surface area contributed by atoms with Crippen LogP contribution < -0.4 is 10.3 Å². The number of benzene rings is 1. The molecule has 1 unspecified atom stereocenters. The van der Waals surface area contributed by atoms with Gasteiger partial charge in [-0.2, -0.15) is 0 Å². The molecule has 2 N–H and O–H groups in total. The van der Waals surface area contributed by atoms with Crippen molar-refractivity contribution in [3.63, 3.8) is 0 Å². The highest BCUT2D eigenvalue weighted by atomic mass is 16.5. The van der Waals surface area contributed by atoms with Crippen molar-refractivity contribution in [2.75, 3.05) is 12.8 Å². The second-order valence-corrected chi connectivity index (χ2v) is 7.27. The van der Waals surface area contributed by atoms with E-state index in [4.69, 9.17) is 10.5 Å². The van der Waals surface area contributed by atoms with Crippen molar-refractivity contribution in [2.45, 2.75) is 51.2 Å². The number of hydrogen-bond donors (Lipinski definition) is 1.